The van der Waals surface area contributed by atoms with Gasteiger partial charge in [-0.15, -0.1) is 11.3 Å². The summed E-state index contributed by atoms with van der Waals surface area (Å²) in [7, 11) is 0. The van der Waals surface area contributed by atoms with Gasteiger partial charge >= 0.3 is 0 Å². The van der Waals surface area contributed by atoms with Crippen LogP contribution in [0.3, 0.4) is 0 Å². The van der Waals surface area contributed by atoms with Crippen molar-refractivity contribution < 1.29 is 0 Å². The van der Waals surface area contributed by atoms with Crippen molar-refractivity contribution in [2.24, 2.45) is 0 Å². The zero-order chi connectivity index (χ0) is 38.6. The molecule has 2 aliphatic rings. The van der Waals surface area contributed by atoms with Gasteiger partial charge in [0.2, 0.25) is 0 Å². The standard InChI is InChI=1S/C56H36N2S/c1-2-15-41-36(12-1)32-50-44-17-4-3-16-43(44)48-30-29-42(55(41)56(48)50)35-24-26-37(27-25-35)57(40-28-31-54-49(34-40)47-20-7-10-23-53(47)59-54)38-13-11-14-39(33-38)58-51-21-8-5-18-45(51)46-19-6-9-22-52(46)58/h1-31,33-34,50H,32H2. The average molecular weight is 769 g/mol. The first-order chi connectivity index (χ1) is 29.3. The Bertz CT molecular complexity index is 3440. The van der Waals surface area contributed by atoms with Crippen molar-refractivity contribution in [3.63, 3.8) is 0 Å². The summed E-state index contributed by atoms with van der Waals surface area (Å²) in [6.07, 6.45) is 1.04. The minimum atomic E-state index is 0.380. The zero-order valence-corrected chi connectivity index (χ0v) is 33.0. The van der Waals surface area contributed by atoms with Crippen LogP contribution in [0, 0.1) is 0 Å². The molecule has 2 aromatic heterocycles. The lowest BCUT2D eigenvalue weighted by Gasteiger charge is -2.28. The Labute approximate surface area is 346 Å². The molecule has 11 aromatic rings. The molecule has 1 atom stereocenters. The Morgan fingerprint density at radius 1 is 0.441 bits per heavy atom. The number of rotatable bonds is 5. The first-order valence-electron chi connectivity index (χ1n) is 20.5. The number of hydrogen-bond donors (Lipinski definition) is 0. The maximum atomic E-state index is 2.43. The van der Waals surface area contributed by atoms with Gasteiger partial charge in [0.05, 0.1) is 11.0 Å². The highest BCUT2D eigenvalue weighted by atomic mass is 32.1. The van der Waals surface area contributed by atoms with Crippen molar-refractivity contribution in [1.82, 2.24) is 4.57 Å². The molecule has 0 radical (unpaired) electrons. The van der Waals surface area contributed by atoms with Gasteiger partial charge in [0.1, 0.15) is 0 Å². The van der Waals surface area contributed by atoms with Crippen molar-refractivity contribution in [2.75, 3.05) is 4.90 Å². The molecule has 0 saturated heterocycles. The molecule has 0 N–H and O–H groups in total. The summed E-state index contributed by atoms with van der Waals surface area (Å²) in [4.78, 5) is 2.43. The van der Waals surface area contributed by atoms with E-state index < -0.39 is 0 Å². The van der Waals surface area contributed by atoms with E-state index in [1.165, 1.54) is 92.0 Å². The van der Waals surface area contributed by atoms with Crippen molar-refractivity contribution in [2.45, 2.75) is 12.3 Å². The third-order valence-electron chi connectivity index (χ3n) is 12.9. The quantitative estimate of drug-likeness (QED) is 0.169. The number of para-hydroxylation sites is 2. The van der Waals surface area contributed by atoms with Crippen molar-refractivity contribution in [3.8, 4) is 39.1 Å². The van der Waals surface area contributed by atoms with Gasteiger partial charge in [-0.2, -0.15) is 0 Å². The molecule has 0 saturated carbocycles. The van der Waals surface area contributed by atoms with Gasteiger partial charge < -0.3 is 9.47 Å². The van der Waals surface area contributed by atoms with Crippen LogP contribution in [-0.2, 0) is 6.42 Å². The molecule has 276 valence electrons. The SMILES string of the molecule is c1cc(N(c2ccc(-c3ccc4c5c3-c3ccccc3CC5c3ccccc3-4)cc2)c2ccc3sc4ccccc4c3c2)cc(-n2c3ccccc3c3ccccc32)c1. The fourth-order valence-electron chi connectivity index (χ4n) is 10.4. The van der Waals surface area contributed by atoms with Gasteiger partial charge in [0.15, 0.2) is 0 Å². The Hall–Kier alpha value is -7.20. The fourth-order valence-corrected chi connectivity index (χ4v) is 11.5. The van der Waals surface area contributed by atoms with Crippen LogP contribution in [0.2, 0.25) is 0 Å². The summed E-state index contributed by atoms with van der Waals surface area (Å²) >= 11 is 1.86. The minimum absolute atomic E-state index is 0.380. The average Bonchev–Trinajstić information content (AvgIpc) is 3.95. The monoisotopic (exact) mass is 768 g/mol. The van der Waals surface area contributed by atoms with Gasteiger partial charge in [-0.05, 0) is 123 Å². The van der Waals surface area contributed by atoms with Crippen LogP contribution in [0.5, 0.6) is 0 Å². The molecular formula is C56H36N2S. The fraction of sp³-hybridized carbons (Fsp3) is 0.0357. The Morgan fingerprint density at radius 2 is 1.08 bits per heavy atom. The summed E-state index contributed by atoms with van der Waals surface area (Å²) in [5.41, 5.74) is 19.4. The molecule has 0 spiro atoms. The maximum Gasteiger partial charge on any atom is 0.0541 e. The van der Waals surface area contributed by atoms with Crippen molar-refractivity contribution in [3.05, 3.63) is 217 Å². The molecule has 1 unspecified atom stereocenters. The van der Waals surface area contributed by atoms with Crippen molar-refractivity contribution in [1.29, 1.82) is 0 Å². The molecule has 0 bridgehead atoms. The highest BCUT2D eigenvalue weighted by molar-refractivity contribution is 7.25. The highest BCUT2D eigenvalue weighted by Crippen LogP contribution is 2.56. The molecular weight excluding hydrogens is 733 g/mol. The second kappa shape index (κ2) is 12.6. The number of aromatic nitrogens is 1. The molecule has 2 aliphatic carbocycles. The molecule has 0 aliphatic heterocycles. The molecule has 13 rings (SSSR count). The molecule has 0 fully saturated rings. The third kappa shape index (κ3) is 4.86. The number of nitrogens with zero attached hydrogens (tertiary/aromatic N) is 2. The summed E-state index contributed by atoms with van der Waals surface area (Å²) in [6, 6.07) is 74.4. The summed E-state index contributed by atoms with van der Waals surface area (Å²) in [5.74, 6) is 0.380. The number of benzene rings is 9. The van der Waals surface area contributed by atoms with E-state index >= 15 is 0 Å². The van der Waals surface area contributed by atoms with E-state index in [1.54, 1.807) is 0 Å². The van der Waals surface area contributed by atoms with Gasteiger partial charge in [0.25, 0.3) is 0 Å². The Kier molecular flexibility index (Phi) is 7.04. The second-order valence-corrected chi connectivity index (χ2v) is 17.1. The topological polar surface area (TPSA) is 8.17 Å². The van der Waals surface area contributed by atoms with E-state index in [9.17, 15) is 0 Å². The van der Waals surface area contributed by atoms with E-state index in [4.69, 9.17) is 0 Å². The predicted octanol–water partition coefficient (Wildman–Crippen LogP) is 15.6. The summed E-state index contributed by atoms with van der Waals surface area (Å²) in [5, 5.41) is 5.11. The Morgan fingerprint density at radius 3 is 1.92 bits per heavy atom. The van der Waals surface area contributed by atoms with Crippen LogP contribution < -0.4 is 4.90 Å². The van der Waals surface area contributed by atoms with E-state index in [1.807, 2.05) is 11.3 Å². The normalized spacial score (nSPS) is 13.9. The minimum Gasteiger partial charge on any atom is -0.310 e. The molecule has 2 nitrogen and oxygen atoms in total. The van der Waals surface area contributed by atoms with Gasteiger partial charge in [-0.3, -0.25) is 0 Å². The summed E-state index contributed by atoms with van der Waals surface area (Å²) in [6.45, 7) is 0. The van der Waals surface area contributed by atoms with E-state index in [0.29, 0.717) is 5.92 Å². The molecule has 0 amide bonds. The number of thiophene rings is 1. The van der Waals surface area contributed by atoms with Crippen LogP contribution in [0.15, 0.2) is 200 Å². The Balaban J connectivity index is 0.988. The van der Waals surface area contributed by atoms with Crippen molar-refractivity contribution >= 4 is 70.4 Å². The first kappa shape index (κ1) is 32.8. The number of anilines is 3. The molecule has 2 heterocycles. The summed E-state index contributed by atoms with van der Waals surface area (Å²) < 4.78 is 5.03. The van der Waals surface area contributed by atoms with Crippen LogP contribution in [-0.4, -0.2) is 4.57 Å². The number of fused-ring (bicyclic) bond motifs is 11. The lowest BCUT2D eigenvalue weighted by atomic mass is 9.75. The van der Waals surface area contributed by atoms with E-state index in [0.717, 1.165) is 29.2 Å². The van der Waals surface area contributed by atoms with Crippen LogP contribution in [0.1, 0.15) is 22.6 Å². The van der Waals surface area contributed by atoms with Crippen LogP contribution >= 0.6 is 11.3 Å². The first-order valence-corrected chi connectivity index (χ1v) is 21.3. The van der Waals surface area contributed by atoms with E-state index in [2.05, 4.69) is 210 Å². The lowest BCUT2D eigenvalue weighted by Crippen LogP contribution is -2.11. The van der Waals surface area contributed by atoms with Gasteiger partial charge in [0, 0.05) is 59.6 Å². The van der Waals surface area contributed by atoms with Gasteiger partial charge in [-0.1, -0.05) is 133 Å². The van der Waals surface area contributed by atoms with E-state index in [-0.39, 0.29) is 0 Å². The van der Waals surface area contributed by atoms with Gasteiger partial charge in [-0.25, -0.2) is 0 Å². The third-order valence-corrected chi connectivity index (χ3v) is 14.1. The van der Waals surface area contributed by atoms with Crippen LogP contribution in [0.25, 0.3) is 81.0 Å². The smallest absolute Gasteiger partial charge is 0.0541 e. The second-order valence-electron chi connectivity index (χ2n) is 16.0. The maximum absolute atomic E-state index is 2.43. The molecule has 59 heavy (non-hydrogen) atoms. The lowest BCUT2D eigenvalue weighted by molar-refractivity contribution is 0.816. The molecule has 9 aromatic carbocycles. The van der Waals surface area contributed by atoms with Crippen LogP contribution in [0.4, 0.5) is 17.1 Å². The zero-order valence-electron chi connectivity index (χ0n) is 32.1. The highest BCUT2D eigenvalue weighted by Gasteiger charge is 2.36. The molecule has 3 heteroatoms. The largest absolute Gasteiger partial charge is 0.310 e. The predicted molar refractivity (Wildman–Crippen MR) is 250 cm³/mol. The number of hydrogen-bond acceptors (Lipinski definition) is 2.